The Morgan fingerprint density at radius 3 is 2.35 bits per heavy atom. The van der Waals surface area contributed by atoms with Gasteiger partial charge in [-0.1, -0.05) is 35.5 Å². The normalized spacial score (nSPS) is 31.2. The molecule has 7 rings (SSSR count). The molecule has 4 bridgehead atoms. The first-order valence-corrected chi connectivity index (χ1v) is 16.2. The van der Waals surface area contributed by atoms with Crippen LogP contribution in [0.4, 0.5) is 0 Å². The fourth-order valence-electron chi connectivity index (χ4n) is 8.17. The lowest BCUT2D eigenvalue weighted by atomic mass is 9.51. The van der Waals surface area contributed by atoms with Gasteiger partial charge in [-0.2, -0.15) is 0 Å². The minimum atomic E-state index is -1.63. The Labute approximate surface area is 270 Å². The average molecular weight is 629 g/mol. The van der Waals surface area contributed by atoms with Crippen LogP contribution in [0, 0.1) is 11.8 Å². The summed E-state index contributed by atoms with van der Waals surface area (Å²) in [5, 5.41) is 21.4. The third kappa shape index (κ3) is 4.47. The molecule has 0 amide bonds. The highest BCUT2D eigenvalue weighted by molar-refractivity contribution is 6.19. The topological polar surface area (TPSA) is 119 Å². The largest absolute Gasteiger partial charge is 0.506 e. The van der Waals surface area contributed by atoms with E-state index in [9.17, 15) is 24.6 Å². The molecule has 8 heteroatoms. The number of carbonyl (C=O) groups excluding carboxylic acids is 2. The number of carbonyl (C=O) groups is 3. The van der Waals surface area contributed by atoms with Crippen LogP contribution in [0.5, 0.6) is 17.2 Å². The zero-order chi connectivity index (χ0) is 33.6. The fourth-order valence-corrected chi connectivity index (χ4v) is 8.17. The molecule has 2 N–H and O–H groups in total. The van der Waals surface area contributed by atoms with E-state index >= 15 is 0 Å². The molecule has 0 aromatic heterocycles. The van der Waals surface area contributed by atoms with Crippen molar-refractivity contribution in [1.29, 1.82) is 0 Å². The van der Waals surface area contributed by atoms with Gasteiger partial charge < -0.3 is 24.4 Å². The highest BCUT2D eigenvalue weighted by Gasteiger charge is 2.81. The fraction of sp³-hybridized carbons (Fsp3) is 0.500. The maximum absolute atomic E-state index is 14.7. The Balaban J connectivity index is 1.59. The van der Waals surface area contributed by atoms with Crippen molar-refractivity contribution in [3.63, 3.8) is 0 Å². The van der Waals surface area contributed by atoms with E-state index < -0.39 is 40.1 Å². The molecule has 4 unspecified atom stereocenters. The van der Waals surface area contributed by atoms with Crippen LogP contribution in [0.15, 0.2) is 52.7 Å². The van der Waals surface area contributed by atoms with Gasteiger partial charge in [-0.3, -0.25) is 9.59 Å². The molecular weight excluding hydrogens is 584 g/mol. The van der Waals surface area contributed by atoms with Gasteiger partial charge in [0.2, 0.25) is 0 Å². The van der Waals surface area contributed by atoms with Crippen molar-refractivity contribution < 1.29 is 38.8 Å². The van der Waals surface area contributed by atoms with Crippen molar-refractivity contribution >= 4 is 23.6 Å². The van der Waals surface area contributed by atoms with Crippen molar-refractivity contribution in [2.75, 3.05) is 0 Å². The molecule has 3 aliphatic heterocycles. The number of hydrogen-bond acceptors (Lipinski definition) is 7. The summed E-state index contributed by atoms with van der Waals surface area (Å²) in [5.74, 6) is -2.28. The standard InChI is InChI=1S/C38H44O8/c1-20(2)10-9-15-36(8)16-14-24-29(39)28-30(40)26-18-23-19-27-35(6,7)46-37(33(23)41,17-13-22(5)34(42)43)38(26,27)45-32(28)25(31(24)44-36)12-11-21(3)4/h10-11,13-14,16,18,23,27,39H,9,12,15,17,19H2,1-8H3,(H,42,43)/b22-13-/t23-,27?,36?,37?,38?/m0/s1. The number of fused-ring (bicyclic) bond motifs is 2. The number of ketones is 2. The number of phenolic OH excluding ortho intramolecular Hbond substituents is 1. The number of carboxylic acid groups (broad SMARTS) is 1. The molecule has 46 heavy (non-hydrogen) atoms. The van der Waals surface area contributed by atoms with E-state index in [0.717, 1.165) is 12.0 Å². The first-order chi connectivity index (χ1) is 21.5. The van der Waals surface area contributed by atoms with E-state index in [1.54, 1.807) is 6.08 Å². The van der Waals surface area contributed by atoms with Gasteiger partial charge in [-0.25, -0.2) is 4.79 Å². The van der Waals surface area contributed by atoms with Crippen LogP contribution in [0.2, 0.25) is 0 Å². The van der Waals surface area contributed by atoms with Crippen LogP contribution in [-0.2, 0) is 20.7 Å². The summed E-state index contributed by atoms with van der Waals surface area (Å²) in [6, 6.07) is 0. The van der Waals surface area contributed by atoms with Gasteiger partial charge in [0.15, 0.2) is 22.8 Å². The lowest BCUT2D eigenvalue weighted by Gasteiger charge is -2.56. The van der Waals surface area contributed by atoms with Gasteiger partial charge in [-0.05, 0) is 93.2 Å². The highest BCUT2D eigenvalue weighted by Crippen LogP contribution is 2.68. The van der Waals surface area contributed by atoms with Gasteiger partial charge >= 0.3 is 5.97 Å². The molecule has 1 saturated carbocycles. The number of ether oxygens (including phenoxy) is 3. The lowest BCUT2D eigenvalue weighted by molar-refractivity contribution is -0.171. The SMILES string of the molecule is CC(C)=CCCC1(C)C=Cc2c(O)c3c(c(CC=C(C)C)c2O1)OC12C(=C[C@H]4CC1C(C)(C)OC2(C/C=C(/C)C(=O)O)C4=O)C3=O. The highest BCUT2D eigenvalue weighted by atomic mass is 16.6. The molecule has 244 valence electrons. The molecule has 3 heterocycles. The lowest BCUT2D eigenvalue weighted by Crippen LogP contribution is -2.72. The molecule has 3 aliphatic carbocycles. The molecule has 8 nitrogen and oxygen atoms in total. The van der Waals surface area contributed by atoms with E-state index in [-0.39, 0.29) is 40.8 Å². The van der Waals surface area contributed by atoms with Crippen molar-refractivity contribution in [2.24, 2.45) is 11.8 Å². The van der Waals surface area contributed by atoms with Crippen LogP contribution in [0.3, 0.4) is 0 Å². The minimum absolute atomic E-state index is 0.0544. The van der Waals surface area contributed by atoms with E-state index in [1.165, 1.54) is 18.6 Å². The third-order valence-corrected chi connectivity index (χ3v) is 10.5. The van der Waals surface area contributed by atoms with Crippen LogP contribution in [0.25, 0.3) is 6.08 Å². The van der Waals surface area contributed by atoms with E-state index in [0.29, 0.717) is 41.7 Å². The summed E-state index contributed by atoms with van der Waals surface area (Å²) >= 11 is 0. The smallest absolute Gasteiger partial charge is 0.330 e. The van der Waals surface area contributed by atoms with Crippen molar-refractivity contribution in [3.8, 4) is 17.2 Å². The number of benzene rings is 1. The number of aliphatic carboxylic acids is 1. The van der Waals surface area contributed by atoms with Crippen LogP contribution in [0.1, 0.15) is 103 Å². The third-order valence-electron chi connectivity index (χ3n) is 10.5. The first kappa shape index (κ1) is 32.0. The van der Waals surface area contributed by atoms with Crippen LogP contribution < -0.4 is 9.47 Å². The van der Waals surface area contributed by atoms with E-state index in [2.05, 4.69) is 19.9 Å². The Kier molecular flexibility index (Phi) is 7.36. The molecule has 1 spiro atoms. The van der Waals surface area contributed by atoms with Crippen LogP contribution >= 0.6 is 0 Å². The summed E-state index contributed by atoms with van der Waals surface area (Å²) in [6.07, 6.45) is 13.4. The second kappa shape index (κ2) is 10.6. The van der Waals surface area contributed by atoms with Gasteiger partial charge in [0, 0.05) is 35.0 Å². The summed E-state index contributed by atoms with van der Waals surface area (Å²) < 4.78 is 20.6. The first-order valence-electron chi connectivity index (χ1n) is 16.2. The summed E-state index contributed by atoms with van der Waals surface area (Å²) in [4.78, 5) is 40.8. The monoisotopic (exact) mass is 628 g/mol. The zero-order valence-electron chi connectivity index (χ0n) is 28.0. The number of rotatable bonds is 8. The van der Waals surface area contributed by atoms with Gasteiger partial charge in [0.1, 0.15) is 28.4 Å². The molecule has 1 aromatic rings. The molecule has 2 fully saturated rings. The van der Waals surface area contributed by atoms with E-state index in [4.69, 9.17) is 14.2 Å². The number of phenols is 1. The molecule has 1 aromatic carbocycles. The maximum atomic E-state index is 14.7. The molecule has 5 atom stereocenters. The minimum Gasteiger partial charge on any atom is -0.506 e. The second-order valence-electron chi connectivity index (χ2n) is 14.8. The maximum Gasteiger partial charge on any atom is 0.330 e. The van der Waals surface area contributed by atoms with Crippen molar-refractivity contribution in [2.45, 2.75) is 110 Å². The number of carboxylic acids is 1. The molecule has 1 saturated heterocycles. The Morgan fingerprint density at radius 2 is 1.70 bits per heavy atom. The Bertz CT molecular complexity index is 1730. The van der Waals surface area contributed by atoms with Crippen LogP contribution in [-0.4, -0.2) is 50.2 Å². The second-order valence-corrected chi connectivity index (χ2v) is 14.8. The quantitative estimate of drug-likeness (QED) is 0.228. The predicted octanol–water partition coefficient (Wildman–Crippen LogP) is 7.24. The molecule has 6 aliphatic rings. The Morgan fingerprint density at radius 1 is 1.00 bits per heavy atom. The van der Waals surface area contributed by atoms with Gasteiger partial charge in [0.05, 0.1) is 11.2 Å². The average Bonchev–Trinajstić information content (AvgIpc) is 3.12. The van der Waals surface area contributed by atoms with Crippen molar-refractivity contribution in [3.05, 3.63) is 69.4 Å². The number of hydrogen-bond donors (Lipinski definition) is 2. The van der Waals surface area contributed by atoms with Gasteiger partial charge in [-0.15, -0.1) is 0 Å². The molecular formula is C38H44O8. The number of aromatic hydroxyl groups is 1. The summed E-state index contributed by atoms with van der Waals surface area (Å²) in [6.45, 7) is 15.4. The zero-order valence-corrected chi connectivity index (χ0v) is 28.0. The van der Waals surface area contributed by atoms with Crippen molar-refractivity contribution in [1.82, 2.24) is 0 Å². The van der Waals surface area contributed by atoms with Gasteiger partial charge in [0.25, 0.3) is 0 Å². The predicted molar refractivity (Wildman–Crippen MR) is 174 cm³/mol. The number of Topliss-reactive ketones (excluding diaryl/α,β-unsaturated/α-hetero) is 2. The van der Waals surface area contributed by atoms with E-state index in [1.807, 2.05) is 52.8 Å². The molecule has 0 radical (unpaired) electrons. The Hall–Kier alpha value is -3.91. The summed E-state index contributed by atoms with van der Waals surface area (Å²) in [7, 11) is 0. The number of allylic oxidation sites excluding steroid dienone is 5. The summed E-state index contributed by atoms with van der Waals surface area (Å²) in [5.41, 5.74) is -0.952.